The molecule has 0 aromatic heterocycles. The lowest BCUT2D eigenvalue weighted by atomic mass is 9.86. The third-order valence-electron chi connectivity index (χ3n) is 7.26. The summed E-state index contributed by atoms with van der Waals surface area (Å²) >= 11 is 5.76. The smallest absolute Gasteiger partial charge is 0.352 e. The summed E-state index contributed by atoms with van der Waals surface area (Å²) in [6.45, 7) is 0. The van der Waals surface area contributed by atoms with Gasteiger partial charge in [0.25, 0.3) is 0 Å². The van der Waals surface area contributed by atoms with Crippen molar-refractivity contribution in [2.45, 2.75) is 18.3 Å². The summed E-state index contributed by atoms with van der Waals surface area (Å²) in [4.78, 5) is 44.0. The van der Waals surface area contributed by atoms with Crippen LogP contribution in [0.3, 0.4) is 0 Å². The van der Waals surface area contributed by atoms with Crippen LogP contribution in [0.2, 0.25) is 5.02 Å². The zero-order valence-electron chi connectivity index (χ0n) is 19.0. The molecule has 2 amide bonds. The Hall–Kier alpha value is -3.91. The molecule has 0 unspecified atom stereocenters. The highest BCUT2D eigenvalue weighted by Crippen LogP contribution is 2.50. The first-order valence-electron chi connectivity index (χ1n) is 11.6. The maximum absolute atomic E-state index is 13.9. The number of amides is 2. The van der Waals surface area contributed by atoms with Crippen molar-refractivity contribution in [3.63, 3.8) is 0 Å². The molecule has 0 N–H and O–H groups in total. The van der Waals surface area contributed by atoms with Crippen LogP contribution in [0.4, 0.5) is 24.5 Å². The van der Waals surface area contributed by atoms with E-state index in [1.807, 2.05) is 35.2 Å². The highest BCUT2D eigenvalue weighted by Gasteiger charge is 2.64. The molecule has 0 aliphatic carbocycles. The van der Waals surface area contributed by atoms with Gasteiger partial charge in [-0.3, -0.25) is 14.4 Å². The van der Waals surface area contributed by atoms with E-state index in [1.54, 1.807) is 36.4 Å². The van der Waals surface area contributed by atoms with Crippen molar-refractivity contribution in [2.24, 2.45) is 11.8 Å². The number of Topliss-reactive ketones (excluding diaryl/α,β-unsaturated/α-hetero) is 1. The fourth-order valence-corrected chi connectivity index (χ4v) is 5.94. The summed E-state index contributed by atoms with van der Waals surface area (Å²) in [5.74, 6) is -3.71. The SMILES string of the molecule is O=C(c1ccccc1)[C@H]1[C@H]2C(=O)N(c3ccc(Cl)c(C(F)(F)F)c3)C(=O)[C@H]2[C@@H]2C=Cc3ccccc3N21. The molecule has 186 valence electrons. The molecule has 0 radical (unpaired) electrons. The largest absolute Gasteiger partial charge is 0.417 e. The lowest BCUT2D eigenvalue weighted by Gasteiger charge is -2.36. The summed E-state index contributed by atoms with van der Waals surface area (Å²) in [6.07, 6.45) is -1.14. The predicted octanol–water partition coefficient (Wildman–Crippen LogP) is 5.63. The molecule has 3 aromatic carbocycles. The highest BCUT2D eigenvalue weighted by atomic mass is 35.5. The minimum absolute atomic E-state index is 0.223. The Morgan fingerprint density at radius 2 is 1.54 bits per heavy atom. The van der Waals surface area contributed by atoms with Crippen LogP contribution >= 0.6 is 11.6 Å². The normalized spacial score (nSPS) is 24.2. The fourth-order valence-electron chi connectivity index (χ4n) is 5.71. The van der Waals surface area contributed by atoms with E-state index >= 15 is 0 Å². The van der Waals surface area contributed by atoms with Crippen molar-refractivity contribution in [2.75, 3.05) is 9.80 Å². The van der Waals surface area contributed by atoms with Crippen molar-refractivity contribution < 1.29 is 27.6 Å². The van der Waals surface area contributed by atoms with Gasteiger partial charge in [0.05, 0.1) is 34.2 Å². The van der Waals surface area contributed by atoms with Gasteiger partial charge in [-0.25, -0.2) is 4.90 Å². The van der Waals surface area contributed by atoms with Crippen LogP contribution in [0.5, 0.6) is 0 Å². The fraction of sp³-hybridized carbons (Fsp3) is 0.179. The number of ketones is 1. The first-order chi connectivity index (χ1) is 17.7. The zero-order valence-corrected chi connectivity index (χ0v) is 19.8. The Bertz CT molecular complexity index is 1490. The van der Waals surface area contributed by atoms with E-state index in [4.69, 9.17) is 11.6 Å². The van der Waals surface area contributed by atoms with E-state index in [0.29, 0.717) is 11.6 Å². The van der Waals surface area contributed by atoms with Crippen LogP contribution in [-0.2, 0) is 15.8 Å². The van der Waals surface area contributed by atoms with Crippen LogP contribution in [0.15, 0.2) is 78.9 Å². The maximum Gasteiger partial charge on any atom is 0.417 e. The van der Waals surface area contributed by atoms with Crippen LogP contribution in [-0.4, -0.2) is 29.7 Å². The van der Waals surface area contributed by atoms with Gasteiger partial charge < -0.3 is 4.90 Å². The minimum atomic E-state index is -4.77. The molecule has 5 nitrogen and oxygen atoms in total. The molecule has 0 bridgehead atoms. The van der Waals surface area contributed by atoms with Gasteiger partial charge in [0.1, 0.15) is 6.04 Å². The van der Waals surface area contributed by atoms with Gasteiger partial charge in [0.15, 0.2) is 5.78 Å². The Balaban J connectivity index is 1.48. The summed E-state index contributed by atoms with van der Waals surface area (Å²) in [5.41, 5.74) is 0.571. The third-order valence-corrected chi connectivity index (χ3v) is 7.58. The van der Waals surface area contributed by atoms with Crippen LogP contribution < -0.4 is 9.80 Å². The molecule has 0 spiro atoms. The second-order valence-electron chi connectivity index (χ2n) is 9.22. The number of halogens is 4. The number of fused-ring (bicyclic) bond motifs is 5. The number of alkyl halides is 3. The molecule has 0 saturated carbocycles. The standard InChI is InChI=1S/C28H18ClF3N2O3/c29-19-12-11-17(14-18(19)28(30,31)32)33-26(36)22-21-13-10-15-6-4-5-9-20(15)34(21)24(23(22)27(33)37)25(35)16-7-2-1-3-8-16/h1-14,21-24H/t21-,22-,23-,24+/m0/s1. The number of anilines is 2. The van der Waals surface area contributed by atoms with E-state index < -0.39 is 52.5 Å². The molecule has 2 saturated heterocycles. The number of para-hydroxylation sites is 1. The van der Waals surface area contributed by atoms with E-state index in [2.05, 4.69) is 0 Å². The number of hydrogen-bond donors (Lipinski definition) is 0. The molecule has 9 heteroatoms. The number of nitrogens with zero attached hydrogens (tertiary/aromatic N) is 2. The predicted molar refractivity (Wildman–Crippen MR) is 132 cm³/mol. The molecular formula is C28H18ClF3N2O3. The number of carbonyl (C=O) groups is 3. The molecule has 3 aliphatic heterocycles. The zero-order chi connectivity index (χ0) is 26.1. The number of carbonyl (C=O) groups excluding carboxylic acids is 3. The molecule has 4 atom stereocenters. The number of rotatable bonds is 3. The molecule has 3 aromatic rings. The minimum Gasteiger partial charge on any atom is -0.352 e. The second-order valence-corrected chi connectivity index (χ2v) is 9.62. The van der Waals surface area contributed by atoms with Crippen molar-refractivity contribution in [3.05, 3.63) is 101 Å². The summed E-state index contributed by atoms with van der Waals surface area (Å²) in [5, 5.41) is -0.536. The summed E-state index contributed by atoms with van der Waals surface area (Å²) in [7, 11) is 0. The number of imide groups is 1. The van der Waals surface area contributed by atoms with Crippen molar-refractivity contribution in [1.82, 2.24) is 0 Å². The molecular weight excluding hydrogens is 505 g/mol. The van der Waals surface area contributed by atoms with Gasteiger partial charge in [-0.1, -0.05) is 72.3 Å². The Morgan fingerprint density at radius 1 is 0.865 bits per heavy atom. The molecule has 2 fully saturated rings. The first-order valence-corrected chi connectivity index (χ1v) is 12.0. The molecule has 37 heavy (non-hydrogen) atoms. The highest BCUT2D eigenvalue weighted by molar-refractivity contribution is 6.32. The van der Waals surface area contributed by atoms with Crippen molar-refractivity contribution >= 4 is 46.6 Å². The molecule has 3 heterocycles. The Kier molecular flexibility index (Phi) is 5.28. The van der Waals surface area contributed by atoms with Gasteiger partial charge in [0.2, 0.25) is 11.8 Å². The lowest BCUT2D eigenvalue weighted by Crippen LogP contribution is -2.48. The topological polar surface area (TPSA) is 57.7 Å². The Labute approximate surface area is 214 Å². The van der Waals surface area contributed by atoms with Gasteiger partial charge in [-0.15, -0.1) is 0 Å². The van der Waals surface area contributed by atoms with Crippen LogP contribution in [0.1, 0.15) is 21.5 Å². The maximum atomic E-state index is 13.9. The van der Waals surface area contributed by atoms with Crippen LogP contribution in [0.25, 0.3) is 6.08 Å². The average Bonchev–Trinajstić information content (AvgIpc) is 3.36. The van der Waals surface area contributed by atoms with Gasteiger partial charge in [0, 0.05) is 11.3 Å². The van der Waals surface area contributed by atoms with Crippen molar-refractivity contribution in [1.29, 1.82) is 0 Å². The summed E-state index contributed by atoms with van der Waals surface area (Å²) < 4.78 is 40.6. The number of benzene rings is 3. The van der Waals surface area contributed by atoms with Gasteiger partial charge in [-0.2, -0.15) is 13.2 Å². The average molecular weight is 523 g/mol. The molecule has 6 rings (SSSR count). The van der Waals surface area contributed by atoms with E-state index in [1.165, 1.54) is 6.07 Å². The first kappa shape index (κ1) is 23.5. The monoisotopic (exact) mass is 522 g/mol. The van der Waals surface area contributed by atoms with Crippen LogP contribution in [0, 0.1) is 11.8 Å². The van der Waals surface area contributed by atoms with E-state index in [-0.39, 0.29) is 11.5 Å². The third kappa shape index (κ3) is 3.50. The van der Waals surface area contributed by atoms with E-state index in [9.17, 15) is 27.6 Å². The number of hydrogen-bond acceptors (Lipinski definition) is 4. The van der Waals surface area contributed by atoms with E-state index in [0.717, 1.165) is 22.2 Å². The van der Waals surface area contributed by atoms with Crippen molar-refractivity contribution in [3.8, 4) is 0 Å². The van der Waals surface area contributed by atoms with Gasteiger partial charge in [-0.05, 0) is 29.8 Å². The van der Waals surface area contributed by atoms with Gasteiger partial charge >= 0.3 is 6.18 Å². The Morgan fingerprint density at radius 3 is 2.27 bits per heavy atom. The molecule has 3 aliphatic rings. The second kappa shape index (κ2) is 8.31. The lowest BCUT2D eigenvalue weighted by molar-refractivity contribution is -0.137. The summed E-state index contributed by atoms with van der Waals surface area (Å²) in [6, 6.07) is 17.2. The quantitative estimate of drug-likeness (QED) is 0.330.